The molecule has 0 spiro atoms. The van der Waals surface area contributed by atoms with E-state index in [4.69, 9.17) is 15.2 Å². The molecule has 0 heterocycles. The second kappa shape index (κ2) is 11.6. The minimum Gasteiger partial charge on any atom is -0.497 e. The summed E-state index contributed by atoms with van der Waals surface area (Å²) >= 11 is 0. The van der Waals surface area contributed by atoms with Gasteiger partial charge in [-0.2, -0.15) is 0 Å². The number of nitrogen functional groups attached to an aromatic ring is 1. The van der Waals surface area contributed by atoms with Crippen molar-refractivity contribution in [2.24, 2.45) is 0 Å². The number of anilines is 2. The summed E-state index contributed by atoms with van der Waals surface area (Å²) in [4.78, 5) is 12.6. The molecule has 3 aromatic rings. The first-order chi connectivity index (χ1) is 16.7. The lowest BCUT2D eigenvalue weighted by Crippen LogP contribution is -2.19. The lowest BCUT2D eigenvalue weighted by atomic mass is 9.93. The summed E-state index contributed by atoms with van der Waals surface area (Å²) in [7, 11) is 1.63. The number of methoxy groups -OCH3 is 1. The number of aliphatic hydroxyl groups is 1. The lowest BCUT2D eigenvalue weighted by molar-refractivity contribution is -0.111. The number of hydrogen-bond donors (Lipinski definition) is 3. The summed E-state index contributed by atoms with van der Waals surface area (Å²) in [5.41, 5.74) is 10.0. The molecule has 0 bridgehead atoms. The van der Waals surface area contributed by atoms with Crippen LogP contribution >= 0.6 is 0 Å². The highest BCUT2D eigenvalue weighted by molar-refractivity contribution is 6.03. The number of para-hydroxylation sites is 2. The van der Waals surface area contributed by atoms with Gasteiger partial charge in [-0.05, 0) is 80.6 Å². The molecule has 3 aromatic carbocycles. The highest BCUT2D eigenvalue weighted by Gasteiger charge is 2.18. The van der Waals surface area contributed by atoms with Crippen LogP contribution in [0.1, 0.15) is 42.5 Å². The molecule has 0 fully saturated rings. The normalized spacial score (nSPS) is 11.5. The average Bonchev–Trinajstić information content (AvgIpc) is 2.82. The fraction of sp³-hybridized carbons (Fsp3) is 0.276. The maximum absolute atomic E-state index is 12.6. The Bertz CT molecular complexity index is 1180. The summed E-state index contributed by atoms with van der Waals surface area (Å²) in [6.45, 7) is 5.97. The number of aryl methyl sites for hydroxylation is 1. The van der Waals surface area contributed by atoms with Crippen LogP contribution in [0.3, 0.4) is 0 Å². The van der Waals surface area contributed by atoms with Gasteiger partial charge < -0.3 is 25.6 Å². The van der Waals surface area contributed by atoms with E-state index in [0.29, 0.717) is 36.6 Å². The molecule has 6 heteroatoms. The van der Waals surface area contributed by atoms with Crippen LogP contribution in [-0.2, 0) is 17.8 Å². The molecule has 0 radical (unpaired) electrons. The van der Waals surface area contributed by atoms with Gasteiger partial charge in [-0.1, -0.05) is 36.4 Å². The zero-order valence-corrected chi connectivity index (χ0v) is 20.8. The number of hydrogen-bond acceptors (Lipinski definition) is 5. The Hall–Kier alpha value is -3.77. The summed E-state index contributed by atoms with van der Waals surface area (Å²) in [5.74, 6) is 1.19. The zero-order chi connectivity index (χ0) is 25.4. The van der Waals surface area contributed by atoms with E-state index in [0.717, 1.165) is 28.0 Å². The molecule has 0 aliphatic heterocycles. The second-order valence-electron chi connectivity index (χ2n) is 9.14. The van der Waals surface area contributed by atoms with Gasteiger partial charge in [0.25, 0.3) is 0 Å². The van der Waals surface area contributed by atoms with Crippen LogP contribution in [0, 0.1) is 6.92 Å². The van der Waals surface area contributed by atoms with E-state index in [9.17, 15) is 9.90 Å². The van der Waals surface area contributed by atoms with Crippen LogP contribution in [0.25, 0.3) is 6.08 Å². The van der Waals surface area contributed by atoms with Crippen LogP contribution in [-0.4, -0.2) is 23.7 Å². The van der Waals surface area contributed by atoms with Crippen LogP contribution < -0.4 is 20.5 Å². The van der Waals surface area contributed by atoms with Gasteiger partial charge in [0, 0.05) is 11.6 Å². The number of benzene rings is 3. The van der Waals surface area contributed by atoms with Crippen molar-refractivity contribution >= 4 is 23.4 Å². The molecule has 1 amide bonds. The van der Waals surface area contributed by atoms with Gasteiger partial charge in [-0.25, -0.2) is 0 Å². The Morgan fingerprint density at radius 1 is 1.09 bits per heavy atom. The van der Waals surface area contributed by atoms with Gasteiger partial charge in [-0.3, -0.25) is 4.79 Å². The SMILES string of the molecule is COc1ccc(COc2c(/C=C\C(=O)Nc3ccccc3N)ccc(C)c2CCC(C)(C)O)cc1. The molecule has 0 aliphatic carbocycles. The molecular weight excluding hydrogens is 440 g/mol. The van der Waals surface area contributed by atoms with Crippen LogP contribution in [0.4, 0.5) is 11.4 Å². The third-order valence-electron chi connectivity index (χ3n) is 5.69. The van der Waals surface area contributed by atoms with E-state index in [-0.39, 0.29) is 5.91 Å². The summed E-state index contributed by atoms with van der Waals surface area (Å²) < 4.78 is 11.6. The molecule has 35 heavy (non-hydrogen) atoms. The largest absolute Gasteiger partial charge is 0.497 e. The number of amides is 1. The molecule has 0 aromatic heterocycles. The Kier molecular flexibility index (Phi) is 8.55. The maximum atomic E-state index is 12.6. The van der Waals surface area contributed by atoms with Gasteiger partial charge in [0.05, 0.1) is 24.1 Å². The standard InChI is InChI=1S/C29H34N2O4/c1-20-9-12-22(13-16-27(32)31-26-8-6-5-7-25(26)30)28(24(20)17-18-29(2,3)33)35-19-21-10-14-23(34-4)15-11-21/h5-16,33H,17-19,30H2,1-4H3,(H,31,32)/b16-13-. The van der Waals surface area contributed by atoms with Crippen molar-refractivity contribution in [3.05, 3.63) is 89.0 Å². The topological polar surface area (TPSA) is 93.8 Å². The number of rotatable bonds is 10. The zero-order valence-electron chi connectivity index (χ0n) is 20.8. The third-order valence-corrected chi connectivity index (χ3v) is 5.69. The fourth-order valence-corrected chi connectivity index (χ4v) is 3.62. The van der Waals surface area contributed by atoms with Crippen LogP contribution in [0.5, 0.6) is 11.5 Å². The summed E-state index contributed by atoms with van der Waals surface area (Å²) in [6, 6.07) is 18.8. The molecular formula is C29H34N2O4. The van der Waals surface area contributed by atoms with Gasteiger partial charge in [-0.15, -0.1) is 0 Å². The van der Waals surface area contributed by atoms with Crippen LogP contribution in [0.15, 0.2) is 66.7 Å². The van der Waals surface area contributed by atoms with E-state index < -0.39 is 5.60 Å². The first kappa shape index (κ1) is 25.8. The van der Waals surface area contributed by atoms with Crippen molar-refractivity contribution < 1.29 is 19.4 Å². The Morgan fingerprint density at radius 3 is 2.46 bits per heavy atom. The molecule has 0 unspecified atom stereocenters. The fourth-order valence-electron chi connectivity index (χ4n) is 3.62. The first-order valence-electron chi connectivity index (χ1n) is 11.6. The first-order valence-corrected chi connectivity index (χ1v) is 11.6. The van der Waals surface area contributed by atoms with E-state index in [2.05, 4.69) is 5.32 Å². The maximum Gasteiger partial charge on any atom is 0.248 e. The Labute approximate surface area is 207 Å². The predicted octanol–water partition coefficient (Wildman–Crippen LogP) is 5.52. The average molecular weight is 475 g/mol. The molecule has 3 rings (SSSR count). The van der Waals surface area contributed by atoms with Gasteiger partial charge in [0.15, 0.2) is 0 Å². The minimum atomic E-state index is -0.805. The van der Waals surface area contributed by atoms with Crippen LogP contribution in [0.2, 0.25) is 0 Å². The van der Waals surface area contributed by atoms with E-state index >= 15 is 0 Å². The number of ether oxygens (including phenoxy) is 2. The second-order valence-corrected chi connectivity index (χ2v) is 9.14. The lowest BCUT2D eigenvalue weighted by Gasteiger charge is -2.21. The van der Waals surface area contributed by atoms with Crippen molar-refractivity contribution in [2.45, 2.75) is 45.8 Å². The van der Waals surface area contributed by atoms with Crippen molar-refractivity contribution in [3.8, 4) is 11.5 Å². The number of nitrogens with two attached hydrogens (primary N) is 1. The summed E-state index contributed by atoms with van der Waals surface area (Å²) in [6.07, 6.45) is 4.43. The number of nitrogens with one attached hydrogen (secondary N) is 1. The van der Waals surface area contributed by atoms with E-state index in [1.807, 2.05) is 55.5 Å². The number of carbonyl (C=O) groups is 1. The molecule has 6 nitrogen and oxygen atoms in total. The quantitative estimate of drug-likeness (QED) is 0.266. The molecule has 0 saturated carbocycles. The predicted molar refractivity (Wildman–Crippen MR) is 142 cm³/mol. The van der Waals surface area contributed by atoms with Gasteiger partial charge >= 0.3 is 0 Å². The smallest absolute Gasteiger partial charge is 0.248 e. The van der Waals surface area contributed by atoms with Crippen molar-refractivity contribution in [2.75, 3.05) is 18.2 Å². The minimum absolute atomic E-state index is 0.289. The van der Waals surface area contributed by atoms with E-state index in [1.165, 1.54) is 6.08 Å². The third kappa shape index (κ3) is 7.62. The van der Waals surface area contributed by atoms with Gasteiger partial charge in [0.1, 0.15) is 18.1 Å². The molecule has 184 valence electrons. The molecule has 0 aliphatic rings. The highest BCUT2D eigenvalue weighted by atomic mass is 16.5. The molecule has 0 saturated heterocycles. The monoisotopic (exact) mass is 474 g/mol. The summed E-state index contributed by atoms with van der Waals surface area (Å²) in [5, 5.41) is 13.1. The Morgan fingerprint density at radius 2 is 1.80 bits per heavy atom. The van der Waals surface area contributed by atoms with Gasteiger partial charge in [0.2, 0.25) is 5.91 Å². The van der Waals surface area contributed by atoms with Crippen molar-refractivity contribution in [3.63, 3.8) is 0 Å². The molecule has 0 atom stereocenters. The van der Waals surface area contributed by atoms with Crippen molar-refractivity contribution in [1.82, 2.24) is 0 Å². The van der Waals surface area contributed by atoms with E-state index in [1.54, 1.807) is 39.2 Å². The Balaban J connectivity index is 1.87. The molecule has 4 N–H and O–H groups in total. The van der Waals surface area contributed by atoms with Crippen molar-refractivity contribution in [1.29, 1.82) is 0 Å². The highest BCUT2D eigenvalue weighted by Crippen LogP contribution is 2.32. The number of carbonyl (C=O) groups excluding carboxylic acids is 1.